The average molecular weight is 298 g/mol. The SMILES string of the molecule is CC1CCCC(NC(=O)NC(C)CCCC(C)C(=O)O)C1. The lowest BCUT2D eigenvalue weighted by Gasteiger charge is -2.28. The summed E-state index contributed by atoms with van der Waals surface area (Å²) in [5.41, 5.74) is 0. The Kier molecular flexibility index (Phi) is 7.54. The number of carbonyl (C=O) groups excluding carboxylic acids is 1. The van der Waals surface area contributed by atoms with Crippen LogP contribution >= 0.6 is 0 Å². The number of amides is 2. The van der Waals surface area contributed by atoms with Gasteiger partial charge >= 0.3 is 12.0 Å². The average Bonchev–Trinajstić information content (AvgIpc) is 2.37. The zero-order valence-corrected chi connectivity index (χ0v) is 13.5. The highest BCUT2D eigenvalue weighted by Crippen LogP contribution is 2.23. The molecule has 122 valence electrons. The molecule has 1 aliphatic rings. The molecule has 0 spiro atoms. The minimum absolute atomic E-state index is 0.0759. The minimum atomic E-state index is -0.750. The molecule has 3 N–H and O–H groups in total. The molecule has 0 saturated heterocycles. The summed E-state index contributed by atoms with van der Waals surface area (Å²) >= 11 is 0. The zero-order chi connectivity index (χ0) is 15.8. The highest BCUT2D eigenvalue weighted by Gasteiger charge is 2.20. The van der Waals surface area contributed by atoms with Gasteiger partial charge in [-0.25, -0.2) is 4.79 Å². The van der Waals surface area contributed by atoms with Crippen LogP contribution in [0.4, 0.5) is 4.79 Å². The first kappa shape index (κ1) is 17.8. The molecule has 0 bridgehead atoms. The Morgan fingerprint density at radius 2 is 1.95 bits per heavy atom. The van der Waals surface area contributed by atoms with Crippen LogP contribution in [0.5, 0.6) is 0 Å². The van der Waals surface area contributed by atoms with E-state index in [0.717, 1.165) is 25.7 Å². The number of aliphatic carboxylic acids is 1. The number of carboxylic acids is 1. The molecule has 0 aromatic rings. The Balaban J connectivity index is 2.16. The summed E-state index contributed by atoms with van der Waals surface area (Å²) in [6.45, 7) is 5.92. The van der Waals surface area contributed by atoms with Crippen molar-refractivity contribution < 1.29 is 14.7 Å². The van der Waals surface area contributed by atoms with Crippen molar-refractivity contribution in [2.75, 3.05) is 0 Å². The molecular weight excluding hydrogens is 268 g/mol. The maximum Gasteiger partial charge on any atom is 0.315 e. The van der Waals surface area contributed by atoms with Gasteiger partial charge in [-0.15, -0.1) is 0 Å². The smallest absolute Gasteiger partial charge is 0.315 e. The van der Waals surface area contributed by atoms with E-state index < -0.39 is 5.97 Å². The molecule has 0 aromatic carbocycles. The van der Waals surface area contributed by atoms with E-state index in [-0.39, 0.29) is 18.0 Å². The summed E-state index contributed by atoms with van der Waals surface area (Å²) in [5, 5.41) is 14.8. The van der Waals surface area contributed by atoms with Crippen molar-refractivity contribution in [2.24, 2.45) is 11.8 Å². The molecule has 5 heteroatoms. The van der Waals surface area contributed by atoms with E-state index in [0.29, 0.717) is 18.4 Å². The van der Waals surface area contributed by atoms with Gasteiger partial charge in [0.2, 0.25) is 0 Å². The first-order valence-corrected chi connectivity index (χ1v) is 8.18. The van der Waals surface area contributed by atoms with Gasteiger partial charge in [-0.1, -0.05) is 33.1 Å². The Hall–Kier alpha value is -1.26. The number of hydrogen-bond acceptors (Lipinski definition) is 2. The Labute approximate surface area is 127 Å². The van der Waals surface area contributed by atoms with Gasteiger partial charge in [-0.2, -0.15) is 0 Å². The minimum Gasteiger partial charge on any atom is -0.481 e. The molecule has 1 aliphatic carbocycles. The Morgan fingerprint density at radius 1 is 1.24 bits per heavy atom. The van der Waals surface area contributed by atoms with Gasteiger partial charge in [-0.05, 0) is 38.5 Å². The molecule has 1 saturated carbocycles. The predicted molar refractivity (Wildman–Crippen MR) is 83.2 cm³/mol. The van der Waals surface area contributed by atoms with Gasteiger partial charge in [0.05, 0.1) is 5.92 Å². The molecule has 1 rings (SSSR count). The molecule has 4 unspecified atom stereocenters. The van der Waals surface area contributed by atoms with E-state index in [2.05, 4.69) is 17.6 Å². The van der Waals surface area contributed by atoms with Crippen LogP contribution in [0.1, 0.15) is 65.7 Å². The molecule has 4 atom stereocenters. The lowest BCUT2D eigenvalue weighted by atomic mass is 9.87. The van der Waals surface area contributed by atoms with Crippen LogP contribution < -0.4 is 10.6 Å². The topological polar surface area (TPSA) is 78.4 Å². The molecule has 5 nitrogen and oxygen atoms in total. The molecule has 0 heterocycles. The molecule has 21 heavy (non-hydrogen) atoms. The van der Waals surface area contributed by atoms with Crippen molar-refractivity contribution in [1.82, 2.24) is 10.6 Å². The maximum absolute atomic E-state index is 11.9. The van der Waals surface area contributed by atoms with E-state index in [4.69, 9.17) is 5.11 Å². The second-order valence-electron chi connectivity index (χ2n) is 6.66. The van der Waals surface area contributed by atoms with Gasteiger partial charge in [0, 0.05) is 12.1 Å². The number of carboxylic acid groups (broad SMARTS) is 1. The number of carbonyl (C=O) groups is 2. The highest BCUT2D eigenvalue weighted by atomic mass is 16.4. The van der Waals surface area contributed by atoms with Gasteiger partial charge in [-0.3, -0.25) is 4.79 Å². The summed E-state index contributed by atoms with van der Waals surface area (Å²) in [6, 6.07) is 0.285. The lowest BCUT2D eigenvalue weighted by molar-refractivity contribution is -0.141. The fraction of sp³-hybridized carbons (Fsp3) is 0.875. The van der Waals surface area contributed by atoms with E-state index in [9.17, 15) is 9.59 Å². The van der Waals surface area contributed by atoms with Crippen molar-refractivity contribution in [3.63, 3.8) is 0 Å². The highest BCUT2D eigenvalue weighted by molar-refractivity contribution is 5.74. The Morgan fingerprint density at radius 3 is 2.57 bits per heavy atom. The molecule has 1 fully saturated rings. The first-order valence-electron chi connectivity index (χ1n) is 8.18. The lowest BCUT2D eigenvalue weighted by Crippen LogP contribution is -2.46. The van der Waals surface area contributed by atoms with Crippen LogP contribution in [0.25, 0.3) is 0 Å². The van der Waals surface area contributed by atoms with Crippen LogP contribution in [0, 0.1) is 11.8 Å². The number of hydrogen-bond donors (Lipinski definition) is 3. The normalized spacial score (nSPS) is 24.9. The van der Waals surface area contributed by atoms with Crippen molar-refractivity contribution in [2.45, 2.75) is 77.8 Å². The van der Waals surface area contributed by atoms with Crippen molar-refractivity contribution in [3.05, 3.63) is 0 Å². The fourth-order valence-corrected chi connectivity index (χ4v) is 2.94. The summed E-state index contributed by atoms with van der Waals surface area (Å²) < 4.78 is 0. The van der Waals surface area contributed by atoms with Gasteiger partial charge in [0.25, 0.3) is 0 Å². The van der Waals surface area contributed by atoms with Crippen LogP contribution in [0.2, 0.25) is 0 Å². The molecule has 0 radical (unpaired) electrons. The largest absolute Gasteiger partial charge is 0.481 e. The Bertz CT molecular complexity index is 346. The monoisotopic (exact) mass is 298 g/mol. The third-order valence-electron chi connectivity index (χ3n) is 4.34. The van der Waals surface area contributed by atoms with Gasteiger partial charge in [0.1, 0.15) is 0 Å². The standard InChI is InChI=1S/C16H30N2O3/c1-11-6-4-9-14(10-11)18-16(21)17-13(3)8-5-7-12(2)15(19)20/h11-14H,4-10H2,1-3H3,(H,19,20)(H2,17,18,21). The summed E-state index contributed by atoms with van der Waals surface area (Å²) in [6.07, 6.45) is 6.87. The third kappa shape index (κ3) is 7.34. The predicted octanol–water partition coefficient (Wildman–Crippen LogP) is 3.14. The van der Waals surface area contributed by atoms with Crippen LogP contribution in [-0.2, 0) is 4.79 Å². The maximum atomic E-state index is 11.9. The zero-order valence-electron chi connectivity index (χ0n) is 13.5. The molecule has 0 aromatic heterocycles. The van der Waals surface area contributed by atoms with E-state index >= 15 is 0 Å². The van der Waals surface area contributed by atoms with Crippen molar-refractivity contribution in [3.8, 4) is 0 Å². The van der Waals surface area contributed by atoms with Gasteiger partial charge < -0.3 is 15.7 Å². The molecule has 0 aliphatic heterocycles. The van der Waals surface area contributed by atoms with E-state index in [1.54, 1.807) is 6.92 Å². The number of urea groups is 1. The second kappa shape index (κ2) is 8.90. The van der Waals surface area contributed by atoms with Crippen molar-refractivity contribution >= 4 is 12.0 Å². The quantitative estimate of drug-likeness (QED) is 0.675. The fourth-order valence-electron chi connectivity index (χ4n) is 2.94. The number of rotatable bonds is 7. The second-order valence-corrected chi connectivity index (χ2v) is 6.66. The van der Waals surface area contributed by atoms with E-state index in [1.807, 2.05) is 6.92 Å². The summed E-state index contributed by atoms with van der Waals surface area (Å²) in [4.78, 5) is 22.6. The van der Waals surface area contributed by atoms with Crippen LogP contribution in [0.15, 0.2) is 0 Å². The van der Waals surface area contributed by atoms with E-state index in [1.165, 1.54) is 12.8 Å². The molecular formula is C16H30N2O3. The number of nitrogens with one attached hydrogen (secondary N) is 2. The van der Waals surface area contributed by atoms with Gasteiger partial charge in [0.15, 0.2) is 0 Å². The molecule has 2 amide bonds. The third-order valence-corrected chi connectivity index (χ3v) is 4.34. The van der Waals surface area contributed by atoms with Crippen LogP contribution in [-0.4, -0.2) is 29.2 Å². The van der Waals surface area contributed by atoms with Crippen LogP contribution in [0.3, 0.4) is 0 Å². The van der Waals surface area contributed by atoms with Crippen molar-refractivity contribution in [1.29, 1.82) is 0 Å². The first-order chi connectivity index (χ1) is 9.88. The summed E-state index contributed by atoms with van der Waals surface area (Å²) in [5.74, 6) is -0.367. The summed E-state index contributed by atoms with van der Waals surface area (Å²) in [7, 11) is 0.